The maximum absolute atomic E-state index is 13.0. The fourth-order valence-corrected chi connectivity index (χ4v) is 5.60. The predicted molar refractivity (Wildman–Crippen MR) is 130 cm³/mol. The Morgan fingerprint density at radius 2 is 1.82 bits per heavy atom. The summed E-state index contributed by atoms with van der Waals surface area (Å²) in [5.41, 5.74) is 5.69. The molecule has 0 aliphatic carbocycles. The molecule has 202 valence electrons. The van der Waals surface area contributed by atoms with E-state index in [4.69, 9.17) is 5.73 Å². The molecule has 15 heteroatoms. The van der Waals surface area contributed by atoms with Gasteiger partial charge in [0.05, 0.1) is 6.04 Å². The molecule has 0 bridgehead atoms. The molecule has 4 N–H and O–H groups in total. The third-order valence-electron chi connectivity index (χ3n) is 7.20. The molecule has 4 aliphatic rings. The van der Waals surface area contributed by atoms with Crippen LogP contribution in [0, 0.1) is 5.92 Å². The molecule has 1 aromatic rings. The van der Waals surface area contributed by atoms with Gasteiger partial charge in [-0.3, -0.25) is 19.3 Å². The van der Waals surface area contributed by atoms with Crippen molar-refractivity contribution in [3.8, 4) is 0 Å². The van der Waals surface area contributed by atoms with E-state index in [0.29, 0.717) is 10.6 Å². The zero-order valence-corrected chi connectivity index (χ0v) is 19.7. The Bertz CT molecular complexity index is 1330. The summed E-state index contributed by atoms with van der Waals surface area (Å²) in [6.45, 7) is -1.43. The second kappa shape index (κ2) is 10.3. The molecule has 3 atom stereocenters. The van der Waals surface area contributed by atoms with Gasteiger partial charge in [0, 0.05) is 35.8 Å². The van der Waals surface area contributed by atoms with E-state index >= 15 is 0 Å². The zero-order chi connectivity index (χ0) is 27.5. The number of rotatable bonds is 5. The van der Waals surface area contributed by atoms with E-state index in [-0.39, 0.29) is 83.8 Å². The first-order valence-corrected chi connectivity index (χ1v) is 11.7. The van der Waals surface area contributed by atoms with Crippen LogP contribution in [0.15, 0.2) is 47.2 Å². The Hall–Kier alpha value is -3.36. The molecule has 4 aliphatic heterocycles. The Labute approximate surface area is 241 Å². The summed E-state index contributed by atoms with van der Waals surface area (Å²) in [7, 11) is 0. The molecular weight excluding hydrogens is 534 g/mol. The molecule has 3 saturated heterocycles. The Balaban J connectivity index is 0.00000353. The second-order valence-electron chi connectivity index (χ2n) is 9.57. The Kier molecular flexibility index (Phi) is 7.58. The number of amides is 5. The van der Waals surface area contributed by atoms with Crippen LogP contribution >= 0.6 is 0 Å². The second-order valence-corrected chi connectivity index (χ2v) is 9.57. The van der Waals surface area contributed by atoms with Gasteiger partial charge in [-0.15, -0.1) is 0 Å². The van der Waals surface area contributed by atoms with Crippen molar-refractivity contribution in [3.63, 3.8) is 0 Å². The standard InChI is InChI=1S/C24H22F3N5O6.Na.H/c25-24(26,27)10-30-6-5-12(20(30)34)7-13-8-14-9-31(18-16(14)32(21(18)35)17(13)22(36)37)23(38)29-15-3-1-11(2-4-15)19(28)33;;/h1-4,7,14,16,18H,5-6,8-10H2,(H2,28,33)(H,29,38)(H,36,37);;/b12-7+;;/t14-,16-,18+;;/m1../s1. The number of halogens is 3. The fraction of sp³-hybridized carbons (Fsp3) is 0.375. The molecule has 11 nitrogen and oxygen atoms in total. The van der Waals surface area contributed by atoms with E-state index < -0.39 is 54.5 Å². The number of benzene rings is 1. The van der Waals surface area contributed by atoms with Gasteiger partial charge in [0.1, 0.15) is 18.3 Å². The summed E-state index contributed by atoms with van der Waals surface area (Å²) in [5.74, 6) is -3.80. The van der Waals surface area contributed by atoms with Crippen molar-refractivity contribution >= 4 is 65.0 Å². The first-order valence-electron chi connectivity index (χ1n) is 11.7. The molecule has 0 radical (unpaired) electrons. The molecule has 5 amide bonds. The number of carbonyl (C=O) groups is 5. The molecule has 4 heterocycles. The van der Waals surface area contributed by atoms with Crippen LogP contribution in [0.5, 0.6) is 0 Å². The molecule has 0 aromatic heterocycles. The van der Waals surface area contributed by atoms with Crippen molar-refractivity contribution in [3.05, 3.63) is 52.7 Å². The van der Waals surface area contributed by atoms with Crippen LogP contribution in [0.4, 0.5) is 23.7 Å². The number of carboxylic acid groups (broad SMARTS) is 1. The number of hydrogen-bond donors (Lipinski definition) is 3. The van der Waals surface area contributed by atoms with Gasteiger partial charge in [-0.05, 0) is 48.8 Å². The molecule has 0 saturated carbocycles. The van der Waals surface area contributed by atoms with E-state index in [1.165, 1.54) is 35.2 Å². The Morgan fingerprint density at radius 1 is 1.15 bits per heavy atom. The number of alkyl halides is 3. The summed E-state index contributed by atoms with van der Waals surface area (Å²) in [6.07, 6.45) is -3.15. The van der Waals surface area contributed by atoms with Gasteiger partial charge in [0.25, 0.3) is 5.91 Å². The summed E-state index contributed by atoms with van der Waals surface area (Å²) < 4.78 is 38.3. The Morgan fingerprint density at radius 3 is 2.41 bits per heavy atom. The summed E-state index contributed by atoms with van der Waals surface area (Å²) in [6, 6.07) is 3.79. The number of hydrogen-bond acceptors (Lipinski definition) is 5. The third kappa shape index (κ3) is 5.15. The van der Waals surface area contributed by atoms with Crippen molar-refractivity contribution in [2.45, 2.75) is 31.1 Å². The van der Waals surface area contributed by atoms with E-state index in [0.717, 1.165) is 4.90 Å². The monoisotopic (exact) mass is 557 g/mol. The summed E-state index contributed by atoms with van der Waals surface area (Å²) in [5, 5.41) is 12.5. The van der Waals surface area contributed by atoms with Gasteiger partial charge < -0.3 is 26.0 Å². The quantitative estimate of drug-likeness (QED) is 0.275. The van der Waals surface area contributed by atoms with Crippen LogP contribution in [-0.4, -0.2) is 117 Å². The summed E-state index contributed by atoms with van der Waals surface area (Å²) >= 11 is 0. The van der Waals surface area contributed by atoms with Crippen molar-refractivity contribution in [1.29, 1.82) is 0 Å². The van der Waals surface area contributed by atoms with Crippen LogP contribution in [0.25, 0.3) is 0 Å². The molecule has 0 spiro atoms. The average Bonchev–Trinajstić information content (AvgIpc) is 3.36. The van der Waals surface area contributed by atoms with E-state index in [1.807, 2.05) is 0 Å². The van der Waals surface area contributed by atoms with Crippen molar-refractivity contribution < 1.29 is 42.3 Å². The van der Waals surface area contributed by atoms with Gasteiger partial charge >= 0.3 is 47.7 Å². The third-order valence-corrected chi connectivity index (χ3v) is 7.20. The number of likely N-dealkylation sites (tertiary alicyclic amines) is 2. The number of β-lactam (4-membered cyclic amide) rings is 1. The van der Waals surface area contributed by atoms with Gasteiger partial charge in [-0.1, -0.05) is 0 Å². The van der Waals surface area contributed by atoms with Gasteiger partial charge in [-0.2, -0.15) is 13.2 Å². The van der Waals surface area contributed by atoms with E-state index in [1.54, 1.807) is 0 Å². The number of urea groups is 1. The minimum atomic E-state index is -4.56. The van der Waals surface area contributed by atoms with Crippen LogP contribution in [0.3, 0.4) is 0 Å². The van der Waals surface area contributed by atoms with E-state index in [9.17, 15) is 42.3 Å². The van der Waals surface area contributed by atoms with Crippen molar-refractivity contribution in [2.24, 2.45) is 11.7 Å². The topological polar surface area (TPSA) is 153 Å². The average molecular weight is 557 g/mol. The predicted octanol–water partition coefficient (Wildman–Crippen LogP) is 0.643. The molecule has 3 fully saturated rings. The normalized spacial score (nSPS) is 24.9. The van der Waals surface area contributed by atoms with Crippen LogP contribution < -0.4 is 11.1 Å². The van der Waals surface area contributed by atoms with Gasteiger partial charge in [-0.25, -0.2) is 9.59 Å². The summed E-state index contributed by atoms with van der Waals surface area (Å²) in [4.78, 5) is 65.0. The number of nitrogens with one attached hydrogen (secondary N) is 1. The molecule has 39 heavy (non-hydrogen) atoms. The van der Waals surface area contributed by atoms with Crippen LogP contribution in [0.1, 0.15) is 23.2 Å². The number of nitrogens with two attached hydrogens (primary N) is 1. The number of carbonyl (C=O) groups excluding carboxylic acids is 4. The van der Waals surface area contributed by atoms with Crippen LogP contribution in [0.2, 0.25) is 0 Å². The number of carboxylic acids is 1. The number of nitrogens with zero attached hydrogens (tertiary/aromatic N) is 3. The fourth-order valence-electron chi connectivity index (χ4n) is 5.60. The van der Waals surface area contributed by atoms with Gasteiger partial charge in [0.2, 0.25) is 11.8 Å². The molecule has 5 rings (SSSR count). The van der Waals surface area contributed by atoms with E-state index in [2.05, 4.69) is 5.32 Å². The zero-order valence-electron chi connectivity index (χ0n) is 19.7. The SMILES string of the molecule is NC(=O)c1ccc(NC(=O)N2C[C@H]3CC(/C=C4\CCN(CC(F)(F)F)C4=O)=C(C(=O)O)N4C(=O)[C@@H]2[C@@H]34)cc1.[NaH]. The number of primary amides is 1. The molecule has 1 aromatic carbocycles. The minimum absolute atomic E-state index is 0. The first kappa shape index (κ1) is 28.6. The molecular formula is C24H23F3N5NaO6. The maximum atomic E-state index is 13.0. The first-order chi connectivity index (χ1) is 17.9. The molecule has 0 unspecified atom stereocenters. The number of anilines is 1. The van der Waals surface area contributed by atoms with Gasteiger partial charge in [0.15, 0.2) is 0 Å². The van der Waals surface area contributed by atoms with Crippen LogP contribution in [-0.2, 0) is 14.4 Å². The van der Waals surface area contributed by atoms with Crippen molar-refractivity contribution in [2.75, 3.05) is 25.0 Å². The number of allylic oxidation sites excluding steroid dienone is 2. The van der Waals surface area contributed by atoms with Crippen molar-refractivity contribution in [1.82, 2.24) is 14.7 Å². The number of aliphatic carboxylic acids is 1.